The molecule has 1 saturated carbocycles. The molecule has 2 fully saturated rings. The van der Waals surface area contributed by atoms with E-state index in [9.17, 15) is 0 Å². The van der Waals surface area contributed by atoms with E-state index in [4.69, 9.17) is 4.74 Å². The summed E-state index contributed by atoms with van der Waals surface area (Å²) in [7, 11) is 1.85. The molecule has 2 aliphatic rings. The largest absolute Gasteiger partial charge is 0.498 e. The van der Waals surface area contributed by atoms with Crippen LogP contribution in [0.4, 0.5) is 0 Å². The number of rotatable bonds is 7. The number of guanidine groups is 1. The first kappa shape index (κ1) is 19.0. The van der Waals surface area contributed by atoms with Gasteiger partial charge in [-0.3, -0.25) is 4.99 Å². The topological polar surface area (TPSA) is 37.2 Å². The summed E-state index contributed by atoms with van der Waals surface area (Å²) in [4.78, 5) is 11.3. The first-order chi connectivity index (χ1) is 11.8. The monoisotopic (exact) mass is 333 g/mol. The molecule has 0 atom stereocenters. The molecule has 4 heteroatoms. The van der Waals surface area contributed by atoms with E-state index < -0.39 is 0 Å². The second kappa shape index (κ2) is 10.5. The van der Waals surface area contributed by atoms with E-state index in [1.54, 1.807) is 5.57 Å². The van der Waals surface area contributed by atoms with Crippen molar-refractivity contribution in [2.45, 2.75) is 71.6 Å². The SMILES string of the molecule is CCCC=NC(=NC)N1CCC(CCC(OCC)=C2CCC2)CC1. The van der Waals surface area contributed by atoms with Gasteiger partial charge in [0.05, 0.1) is 12.4 Å². The van der Waals surface area contributed by atoms with E-state index in [-0.39, 0.29) is 0 Å². The molecule has 1 saturated heterocycles. The smallest absolute Gasteiger partial charge is 0.219 e. The van der Waals surface area contributed by atoms with Crippen LogP contribution in [0.15, 0.2) is 21.3 Å². The third-order valence-corrected chi connectivity index (χ3v) is 5.17. The number of likely N-dealkylation sites (tertiary alicyclic amines) is 1. The summed E-state index contributed by atoms with van der Waals surface area (Å²) in [6, 6.07) is 0. The fraction of sp³-hybridized carbons (Fsp3) is 0.800. The summed E-state index contributed by atoms with van der Waals surface area (Å²) in [5.41, 5.74) is 1.58. The van der Waals surface area contributed by atoms with Crippen LogP contribution in [0.2, 0.25) is 0 Å². The molecule has 0 aromatic heterocycles. The Morgan fingerprint density at radius 1 is 1.25 bits per heavy atom. The van der Waals surface area contributed by atoms with Crippen LogP contribution in [-0.2, 0) is 4.74 Å². The van der Waals surface area contributed by atoms with Crippen LogP contribution in [-0.4, -0.2) is 43.8 Å². The molecule has 0 radical (unpaired) electrons. The Balaban J connectivity index is 1.76. The normalized spacial score (nSPS) is 19.7. The first-order valence-corrected chi connectivity index (χ1v) is 9.86. The van der Waals surface area contributed by atoms with E-state index in [0.29, 0.717) is 0 Å². The zero-order chi connectivity index (χ0) is 17.2. The molecule has 0 unspecified atom stereocenters. The zero-order valence-electron chi connectivity index (χ0n) is 15.9. The van der Waals surface area contributed by atoms with E-state index in [0.717, 1.165) is 50.8 Å². The third kappa shape index (κ3) is 5.64. The molecule has 24 heavy (non-hydrogen) atoms. The number of hydrogen-bond donors (Lipinski definition) is 0. The van der Waals surface area contributed by atoms with Crippen molar-refractivity contribution in [1.29, 1.82) is 0 Å². The molecule has 0 N–H and O–H groups in total. The number of hydrogen-bond acceptors (Lipinski definition) is 2. The minimum atomic E-state index is 0.809. The van der Waals surface area contributed by atoms with Gasteiger partial charge in [0, 0.05) is 32.8 Å². The van der Waals surface area contributed by atoms with Crippen molar-refractivity contribution in [2.75, 3.05) is 26.7 Å². The minimum Gasteiger partial charge on any atom is -0.498 e. The summed E-state index contributed by atoms with van der Waals surface area (Å²) < 4.78 is 5.90. The van der Waals surface area contributed by atoms with Gasteiger partial charge in [0.15, 0.2) is 0 Å². The quantitative estimate of drug-likeness (QED) is 0.381. The number of unbranched alkanes of at least 4 members (excludes halogenated alkanes) is 1. The number of allylic oxidation sites excluding steroid dienone is 2. The Morgan fingerprint density at radius 3 is 2.54 bits per heavy atom. The summed E-state index contributed by atoms with van der Waals surface area (Å²) >= 11 is 0. The highest BCUT2D eigenvalue weighted by Gasteiger charge is 2.22. The molecular formula is C20H35N3O. The van der Waals surface area contributed by atoms with Gasteiger partial charge in [-0.1, -0.05) is 13.3 Å². The summed E-state index contributed by atoms with van der Waals surface area (Å²) in [5.74, 6) is 3.04. The van der Waals surface area contributed by atoms with Gasteiger partial charge in [-0.2, -0.15) is 0 Å². The second-order valence-corrected chi connectivity index (χ2v) is 6.91. The van der Waals surface area contributed by atoms with Gasteiger partial charge >= 0.3 is 0 Å². The van der Waals surface area contributed by atoms with Crippen molar-refractivity contribution >= 4 is 12.2 Å². The molecule has 0 amide bonds. The molecule has 0 spiro atoms. The van der Waals surface area contributed by atoms with Gasteiger partial charge in [0.1, 0.15) is 0 Å². The molecule has 1 aliphatic heterocycles. The van der Waals surface area contributed by atoms with E-state index in [1.807, 2.05) is 13.3 Å². The molecule has 2 rings (SSSR count). The third-order valence-electron chi connectivity index (χ3n) is 5.17. The van der Waals surface area contributed by atoms with Gasteiger partial charge in [0.2, 0.25) is 5.96 Å². The zero-order valence-corrected chi connectivity index (χ0v) is 15.9. The Hall–Kier alpha value is -1.32. The molecule has 1 heterocycles. The molecule has 0 aromatic rings. The predicted octanol–water partition coefficient (Wildman–Crippen LogP) is 4.81. The van der Waals surface area contributed by atoms with Gasteiger partial charge in [-0.15, -0.1) is 0 Å². The summed E-state index contributed by atoms with van der Waals surface area (Å²) in [6.45, 7) is 7.25. The maximum absolute atomic E-state index is 5.90. The molecule has 136 valence electrons. The average Bonchev–Trinajstić information content (AvgIpc) is 2.56. The molecule has 4 nitrogen and oxygen atoms in total. The van der Waals surface area contributed by atoms with Gasteiger partial charge in [-0.25, -0.2) is 4.99 Å². The van der Waals surface area contributed by atoms with Crippen LogP contribution in [0.5, 0.6) is 0 Å². The van der Waals surface area contributed by atoms with Crippen LogP contribution in [0, 0.1) is 5.92 Å². The van der Waals surface area contributed by atoms with Crippen LogP contribution in [0.25, 0.3) is 0 Å². The lowest BCUT2D eigenvalue weighted by Gasteiger charge is -2.33. The number of nitrogens with zero attached hydrogens (tertiary/aromatic N) is 3. The predicted molar refractivity (Wildman–Crippen MR) is 103 cm³/mol. The van der Waals surface area contributed by atoms with E-state index >= 15 is 0 Å². The minimum absolute atomic E-state index is 0.809. The van der Waals surface area contributed by atoms with Crippen LogP contribution < -0.4 is 0 Å². The summed E-state index contributed by atoms with van der Waals surface area (Å²) in [5, 5.41) is 0. The summed E-state index contributed by atoms with van der Waals surface area (Å²) in [6.07, 6.45) is 13.0. The van der Waals surface area contributed by atoms with Crippen molar-refractivity contribution in [3.8, 4) is 0 Å². The Morgan fingerprint density at radius 2 is 2.00 bits per heavy atom. The lowest BCUT2D eigenvalue weighted by Crippen LogP contribution is -2.37. The molecular weight excluding hydrogens is 298 g/mol. The van der Waals surface area contributed by atoms with Crippen molar-refractivity contribution < 1.29 is 4.74 Å². The van der Waals surface area contributed by atoms with E-state index in [1.165, 1.54) is 44.3 Å². The fourth-order valence-electron chi connectivity index (χ4n) is 3.47. The standard InChI is InChI=1S/C20H35N3O/c1-4-6-14-22-20(21-3)23-15-12-17(13-16-23)10-11-19(24-5-2)18-8-7-9-18/h14,17H,4-13,15-16H2,1-3H3. The first-order valence-electron chi connectivity index (χ1n) is 9.86. The van der Waals surface area contributed by atoms with Crippen molar-refractivity contribution in [1.82, 2.24) is 4.90 Å². The fourth-order valence-corrected chi connectivity index (χ4v) is 3.47. The average molecular weight is 334 g/mol. The van der Waals surface area contributed by atoms with Crippen LogP contribution >= 0.6 is 0 Å². The Kier molecular flexibility index (Phi) is 8.34. The lowest BCUT2D eigenvalue weighted by atomic mass is 9.87. The van der Waals surface area contributed by atoms with Crippen molar-refractivity contribution in [3.63, 3.8) is 0 Å². The molecule has 0 bridgehead atoms. The Bertz CT molecular complexity index is 454. The lowest BCUT2D eigenvalue weighted by molar-refractivity contribution is 0.192. The number of aliphatic imine (C=N–C) groups is 2. The van der Waals surface area contributed by atoms with Crippen molar-refractivity contribution in [3.05, 3.63) is 11.3 Å². The number of piperidine rings is 1. The molecule has 1 aliphatic carbocycles. The maximum Gasteiger partial charge on any atom is 0.219 e. The Labute approximate surface area is 148 Å². The van der Waals surface area contributed by atoms with Gasteiger partial charge in [-0.05, 0) is 63.4 Å². The van der Waals surface area contributed by atoms with E-state index in [2.05, 4.69) is 28.7 Å². The second-order valence-electron chi connectivity index (χ2n) is 6.91. The highest BCUT2D eigenvalue weighted by molar-refractivity contribution is 5.87. The maximum atomic E-state index is 5.90. The van der Waals surface area contributed by atoms with Crippen molar-refractivity contribution in [2.24, 2.45) is 15.9 Å². The van der Waals surface area contributed by atoms with Gasteiger partial charge in [0.25, 0.3) is 0 Å². The molecule has 0 aromatic carbocycles. The highest BCUT2D eigenvalue weighted by Crippen LogP contribution is 2.33. The van der Waals surface area contributed by atoms with Gasteiger partial charge < -0.3 is 9.64 Å². The highest BCUT2D eigenvalue weighted by atomic mass is 16.5. The van der Waals surface area contributed by atoms with Crippen LogP contribution in [0.1, 0.15) is 71.6 Å². The van der Waals surface area contributed by atoms with Crippen LogP contribution in [0.3, 0.4) is 0 Å². The number of ether oxygens (including phenoxy) is 1.